The van der Waals surface area contributed by atoms with Crippen LogP contribution in [0.1, 0.15) is 13.8 Å². The molecule has 0 spiro atoms. The fourth-order valence-corrected chi connectivity index (χ4v) is 1.17. The summed E-state index contributed by atoms with van der Waals surface area (Å²) < 4.78 is 11.8. The molecule has 6 heteroatoms. The number of hydrogen-bond donors (Lipinski definition) is 1. The number of anilines is 1. The number of methoxy groups -OCH3 is 1. The smallest absolute Gasteiger partial charge is 0.250 e. The van der Waals surface area contributed by atoms with Crippen molar-refractivity contribution in [3.63, 3.8) is 0 Å². The van der Waals surface area contributed by atoms with Crippen molar-refractivity contribution < 1.29 is 14.3 Å². The number of rotatable bonds is 7. The lowest BCUT2D eigenvalue weighted by atomic mass is 10.4. The van der Waals surface area contributed by atoms with E-state index in [4.69, 9.17) is 9.47 Å². The first-order valence-electron chi connectivity index (χ1n) is 5.54. The van der Waals surface area contributed by atoms with Crippen LogP contribution in [0.15, 0.2) is 12.4 Å². The highest BCUT2D eigenvalue weighted by atomic mass is 16.5. The summed E-state index contributed by atoms with van der Waals surface area (Å²) in [5, 5.41) is 6.79. The minimum atomic E-state index is -0.176. The highest BCUT2D eigenvalue weighted by Gasteiger charge is 2.05. The fourth-order valence-electron chi connectivity index (χ4n) is 1.17. The highest BCUT2D eigenvalue weighted by Crippen LogP contribution is 2.04. The van der Waals surface area contributed by atoms with Crippen molar-refractivity contribution >= 4 is 11.6 Å². The molecule has 0 bridgehead atoms. The summed E-state index contributed by atoms with van der Waals surface area (Å²) in [7, 11) is 1.63. The third-order valence-corrected chi connectivity index (χ3v) is 1.99. The number of nitrogens with zero attached hydrogens (tertiary/aromatic N) is 2. The second-order valence-electron chi connectivity index (χ2n) is 3.89. The summed E-state index contributed by atoms with van der Waals surface area (Å²) in [4.78, 5) is 11.4. The molecule has 0 unspecified atom stereocenters. The van der Waals surface area contributed by atoms with E-state index in [1.54, 1.807) is 24.2 Å². The van der Waals surface area contributed by atoms with Crippen LogP contribution in [0.3, 0.4) is 0 Å². The number of hydrogen-bond acceptors (Lipinski definition) is 4. The summed E-state index contributed by atoms with van der Waals surface area (Å²) >= 11 is 0. The van der Waals surface area contributed by atoms with Crippen LogP contribution in [0.2, 0.25) is 0 Å². The Kier molecular flexibility index (Phi) is 5.65. The number of nitrogens with one attached hydrogen (secondary N) is 1. The normalized spacial score (nSPS) is 10.8. The van der Waals surface area contributed by atoms with Crippen LogP contribution >= 0.6 is 0 Å². The molecule has 0 aromatic carbocycles. The molecule has 0 aliphatic carbocycles. The van der Waals surface area contributed by atoms with E-state index >= 15 is 0 Å². The molecule has 1 rings (SSSR count). The van der Waals surface area contributed by atoms with E-state index in [9.17, 15) is 4.79 Å². The van der Waals surface area contributed by atoms with Crippen LogP contribution in [0.25, 0.3) is 0 Å². The Morgan fingerprint density at radius 2 is 2.35 bits per heavy atom. The summed E-state index contributed by atoms with van der Waals surface area (Å²) in [5.74, 6) is -0.176. The van der Waals surface area contributed by atoms with E-state index in [0.717, 1.165) is 0 Å². The van der Waals surface area contributed by atoms with Crippen LogP contribution in [0.5, 0.6) is 0 Å². The minimum absolute atomic E-state index is 0.0465. The number of aromatic nitrogens is 2. The summed E-state index contributed by atoms with van der Waals surface area (Å²) in [6, 6.07) is 0. The molecule has 0 saturated carbocycles. The lowest BCUT2D eigenvalue weighted by molar-refractivity contribution is -0.121. The minimum Gasteiger partial charge on any atom is -0.383 e. The van der Waals surface area contributed by atoms with Gasteiger partial charge in [0.05, 0.1) is 31.1 Å². The Morgan fingerprint density at radius 1 is 1.59 bits per heavy atom. The molecule has 0 saturated heterocycles. The van der Waals surface area contributed by atoms with Gasteiger partial charge in [-0.25, -0.2) is 0 Å². The van der Waals surface area contributed by atoms with Crippen molar-refractivity contribution in [2.24, 2.45) is 0 Å². The number of carbonyl (C=O) groups is 1. The Balaban J connectivity index is 2.35. The van der Waals surface area contributed by atoms with Gasteiger partial charge in [0.15, 0.2) is 0 Å². The molecule has 0 aliphatic heterocycles. The van der Waals surface area contributed by atoms with Gasteiger partial charge in [0.2, 0.25) is 5.91 Å². The first-order chi connectivity index (χ1) is 8.11. The van der Waals surface area contributed by atoms with Crippen molar-refractivity contribution in [2.45, 2.75) is 26.5 Å². The Morgan fingerprint density at radius 3 is 3.00 bits per heavy atom. The second kappa shape index (κ2) is 7.03. The summed E-state index contributed by atoms with van der Waals surface area (Å²) in [6.07, 6.45) is 3.40. The monoisotopic (exact) mass is 241 g/mol. The molecule has 0 radical (unpaired) electrons. The number of carbonyl (C=O) groups excluding carboxylic acids is 1. The molecule has 96 valence electrons. The van der Waals surface area contributed by atoms with E-state index in [0.29, 0.717) is 18.8 Å². The lowest BCUT2D eigenvalue weighted by Gasteiger charge is -2.06. The van der Waals surface area contributed by atoms with Gasteiger partial charge in [-0.1, -0.05) is 0 Å². The van der Waals surface area contributed by atoms with Crippen molar-refractivity contribution in [3.05, 3.63) is 12.4 Å². The first-order valence-corrected chi connectivity index (χ1v) is 5.54. The van der Waals surface area contributed by atoms with Crippen molar-refractivity contribution in [3.8, 4) is 0 Å². The Hall–Kier alpha value is -1.40. The zero-order valence-corrected chi connectivity index (χ0v) is 10.5. The van der Waals surface area contributed by atoms with Crippen molar-refractivity contribution in [1.29, 1.82) is 0 Å². The predicted molar refractivity (Wildman–Crippen MR) is 63.8 cm³/mol. The third-order valence-electron chi connectivity index (χ3n) is 1.99. The van der Waals surface area contributed by atoms with Gasteiger partial charge in [-0.3, -0.25) is 9.48 Å². The number of ether oxygens (including phenoxy) is 2. The summed E-state index contributed by atoms with van der Waals surface area (Å²) in [5.41, 5.74) is 0.665. The topological polar surface area (TPSA) is 65.4 Å². The highest BCUT2D eigenvalue weighted by molar-refractivity contribution is 5.91. The molecule has 1 aromatic rings. The van der Waals surface area contributed by atoms with Crippen LogP contribution < -0.4 is 5.32 Å². The van der Waals surface area contributed by atoms with Gasteiger partial charge in [0.1, 0.15) is 6.61 Å². The molecule has 17 heavy (non-hydrogen) atoms. The van der Waals surface area contributed by atoms with Crippen LogP contribution in [-0.2, 0) is 20.8 Å². The summed E-state index contributed by atoms with van der Waals surface area (Å²) in [6.45, 7) is 5.08. The molecule has 1 N–H and O–H groups in total. The maximum absolute atomic E-state index is 11.4. The van der Waals surface area contributed by atoms with Crippen LogP contribution in [0, 0.1) is 0 Å². The van der Waals surface area contributed by atoms with E-state index < -0.39 is 0 Å². The third kappa shape index (κ3) is 5.46. The van der Waals surface area contributed by atoms with Crippen molar-refractivity contribution in [1.82, 2.24) is 9.78 Å². The van der Waals surface area contributed by atoms with Crippen LogP contribution in [-0.4, -0.2) is 42.1 Å². The average Bonchev–Trinajstić information content (AvgIpc) is 2.71. The average molecular weight is 241 g/mol. The van der Waals surface area contributed by atoms with E-state index in [1.165, 1.54) is 0 Å². The van der Waals surface area contributed by atoms with Gasteiger partial charge in [-0.2, -0.15) is 5.10 Å². The predicted octanol–water partition coefficient (Wildman–Crippen LogP) is 0.893. The Labute approximate surface area is 101 Å². The molecule has 0 fully saturated rings. The quantitative estimate of drug-likeness (QED) is 0.770. The maximum atomic E-state index is 11.4. The Bertz CT molecular complexity index is 349. The van der Waals surface area contributed by atoms with Gasteiger partial charge >= 0.3 is 0 Å². The van der Waals surface area contributed by atoms with Crippen LogP contribution in [0.4, 0.5) is 5.69 Å². The standard InChI is InChI=1S/C11H19N3O3/c1-9(2)17-8-11(15)13-10-6-12-14(7-10)4-5-16-3/h6-7,9H,4-5,8H2,1-3H3,(H,13,15). The van der Waals surface area contributed by atoms with E-state index in [1.807, 2.05) is 13.8 Å². The van der Waals surface area contributed by atoms with Gasteiger partial charge in [0, 0.05) is 13.3 Å². The lowest BCUT2D eigenvalue weighted by Crippen LogP contribution is -2.20. The SMILES string of the molecule is COCCn1cc(NC(=O)COC(C)C)cn1. The molecule has 0 aliphatic rings. The fraction of sp³-hybridized carbons (Fsp3) is 0.636. The zero-order valence-electron chi connectivity index (χ0n) is 10.5. The molecule has 1 heterocycles. The number of amides is 1. The molecule has 6 nitrogen and oxygen atoms in total. The molecule has 1 amide bonds. The maximum Gasteiger partial charge on any atom is 0.250 e. The first kappa shape index (κ1) is 13.7. The van der Waals surface area contributed by atoms with Crippen molar-refractivity contribution in [2.75, 3.05) is 25.6 Å². The van der Waals surface area contributed by atoms with E-state index in [-0.39, 0.29) is 18.6 Å². The molecule has 0 atom stereocenters. The van der Waals surface area contributed by atoms with Gasteiger partial charge in [0.25, 0.3) is 0 Å². The molecular weight excluding hydrogens is 222 g/mol. The van der Waals surface area contributed by atoms with Gasteiger partial charge in [-0.15, -0.1) is 0 Å². The molecular formula is C11H19N3O3. The zero-order chi connectivity index (χ0) is 12.7. The van der Waals surface area contributed by atoms with Gasteiger partial charge < -0.3 is 14.8 Å². The van der Waals surface area contributed by atoms with Gasteiger partial charge in [-0.05, 0) is 13.8 Å². The molecule has 1 aromatic heterocycles. The largest absolute Gasteiger partial charge is 0.383 e. The second-order valence-corrected chi connectivity index (χ2v) is 3.89. The van der Waals surface area contributed by atoms with E-state index in [2.05, 4.69) is 10.4 Å².